The molecule has 0 atom stereocenters. The average Bonchev–Trinajstić information content (AvgIpc) is 3.36. The van der Waals surface area contributed by atoms with Gasteiger partial charge in [-0.15, -0.1) is 0 Å². The SMILES string of the molecule is CCn1cc(C(=O)Nc2c3c(nn2-c2cccc(C)c2)CSC3)c(=O)c2ccc(C)nc21. The Balaban J connectivity index is 1.61. The zero-order valence-corrected chi connectivity index (χ0v) is 19.0. The summed E-state index contributed by atoms with van der Waals surface area (Å²) in [7, 11) is 0. The topological polar surface area (TPSA) is 81.8 Å². The number of nitrogens with zero attached hydrogens (tertiary/aromatic N) is 4. The molecule has 1 aliphatic heterocycles. The van der Waals surface area contributed by atoms with E-state index in [1.807, 2.05) is 49.6 Å². The van der Waals surface area contributed by atoms with E-state index in [2.05, 4.69) is 10.3 Å². The van der Waals surface area contributed by atoms with Crippen LogP contribution < -0.4 is 10.7 Å². The van der Waals surface area contributed by atoms with Crippen LogP contribution in [0, 0.1) is 13.8 Å². The smallest absolute Gasteiger partial charge is 0.262 e. The van der Waals surface area contributed by atoms with E-state index in [1.165, 1.54) is 0 Å². The molecule has 0 unspecified atom stereocenters. The van der Waals surface area contributed by atoms with Crippen LogP contribution in [0.25, 0.3) is 16.7 Å². The highest BCUT2D eigenvalue weighted by atomic mass is 32.2. The molecule has 3 aromatic heterocycles. The van der Waals surface area contributed by atoms with Crippen LogP contribution in [0.15, 0.2) is 47.4 Å². The van der Waals surface area contributed by atoms with Crippen molar-refractivity contribution in [1.29, 1.82) is 0 Å². The molecule has 162 valence electrons. The summed E-state index contributed by atoms with van der Waals surface area (Å²) in [6.45, 7) is 6.47. The fraction of sp³-hybridized carbons (Fsp3) is 0.250. The van der Waals surface area contributed by atoms with Crippen molar-refractivity contribution in [3.8, 4) is 5.69 Å². The van der Waals surface area contributed by atoms with Gasteiger partial charge in [0.05, 0.1) is 16.8 Å². The minimum absolute atomic E-state index is 0.0985. The second kappa shape index (κ2) is 7.94. The number of carbonyl (C=O) groups excluding carboxylic acids is 1. The minimum atomic E-state index is -0.437. The van der Waals surface area contributed by atoms with Gasteiger partial charge < -0.3 is 9.88 Å². The number of aromatic nitrogens is 4. The van der Waals surface area contributed by atoms with Crippen molar-refractivity contribution in [1.82, 2.24) is 19.3 Å². The largest absolute Gasteiger partial charge is 0.332 e. The number of nitrogens with one attached hydrogen (secondary N) is 1. The first-order chi connectivity index (χ1) is 15.5. The molecule has 1 N–H and O–H groups in total. The predicted molar refractivity (Wildman–Crippen MR) is 128 cm³/mol. The second-order valence-electron chi connectivity index (χ2n) is 7.95. The van der Waals surface area contributed by atoms with Crippen LogP contribution in [0.4, 0.5) is 5.82 Å². The Labute approximate surface area is 189 Å². The molecular formula is C24H23N5O2S. The summed E-state index contributed by atoms with van der Waals surface area (Å²) in [4.78, 5) is 31.0. The number of pyridine rings is 2. The molecule has 1 aliphatic rings. The zero-order chi connectivity index (χ0) is 22.4. The molecule has 8 heteroatoms. The van der Waals surface area contributed by atoms with Gasteiger partial charge >= 0.3 is 0 Å². The van der Waals surface area contributed by atoms with Gasteiger partial charge in [-0.05, 0) is 50.6 Å². The third-order valence-electron chi connectivity index (χ3n) is 5.68. The zero-order valence-electron chi connectivity index (χ0n) is 18.2. The van der Waals surface area contributed by atoms with Gasteiger partial charge in [0.25, 0.3) is 5.91 Å². The maximum absolute atomic E-state index is 13.4. The molecule has 1 amide bonds. The van der Waals surface area contributed by atoms with Crippen LogP contribution in [0.2, 0.25) is 0 Å². The number of anilines is 1. The van der Waals surface area contributed by atoms with Crippen molar-refractivity contribution >= 4 is 34.5 Å². The van der Waals surface area contributed by atoms with Gasteiger partial charge in [-0.1, -0.05) is 12.1 Å². The van der Waals surface area contributed by atoms with Crippen molar-refractivity contribution in [3.05, 3.63) is 80.9 Å². The predicted octanol–water partition coefficient (Wildman–Crippen LogP) is 4.22. The Morgan fingerprint density at radius 3 is 2.81 bits per heavy atom. The van der Waals surface area contributed by atoms with Gasteiger partial charge in [0.2, 0.25) is 5.43 Å². The third-order valence-corrected chi connectivity index (χ3v) is 6.65. The lowest BCUT2D eigenvalue weighted by Crippen LogP contribution is -2.25. The van der Waals surface area contributed by atoms with E-state index in [-0.39, 0.29) is 11.0 Å². The van der Waals surface area contributed by atoms with E-state index in [0.717, 1.165) is 39.7 Å². The van der Waals surface area contributed by atoms with Crippen molar-refractivity contribution in [2.24, 2.45) is 0 Å². The first-order valence-electron chi connectivity index (χ1n) is 10.5. The molecule has 5 rings (SSSR count). The number of benzene rings is 1. The maximum atomic E-state index is 13.4. The van der Waals surface area contributed by atoms with Crippen molar-refractivity contribution in [2.75, 3.05) is 5.32 Å². The fourth-order valence-electron chi connectivity index (χ4n) is 4.03. The van der Waals surface area contributed by atoms with Gasteiger partial charge in [-0.25, -0.2) is 9.67 Å². The molecule has 32 heavy (non-hydrogen) atoms. The van der Waals surface area contributed by atoms with Crippen LogP contribution in [0.3, 0.4) is 0 Å². The van der Waals surface area contributed by atoms with Gasteiger partial charge in [0.15, 0.2) is 0 Å². The monoisotopic (exact) mass is 445 g/mol. The molecule has 0 bridgehead atoms. The standard InChI is InChI=1S/C24H23N5O2S/c1-4-28-11-18(21(30)17-9-8-15(3)25-22(17)28)24(31)26-23-19-12-32-13-20(19)27-29(23)16-7-5-6-14(2)10-16/h5-11H,4,12-13H2,1-3H3,(H,26,31). The highest BCUT2D eigenvalue weighted by molar-refractivity contribution is 7.98. The van der Waals surface area contributed by atoms with Crippen molar-refractivity contribution < 1.29 is 4.79 Å². The summed E-state index contributed by atoms with van der Waals surface area (Å²) in [6, 6.07) is 11.5. The molecule has 4 aromatic rings. The number of rotatable bonds is 4. The maximum Gasteiger partial charge on any atom is 0.262 e. The van der Waals surface area contributed by atoms with E-state index < -0.39 is 5.91 Å². The van der Waals surface area contributed by atoms with E-state index in [9.17, 15) is 9.59 Å². The number of carbonyl (C=O) groups is 1. The van der Waals surface area contributed by atoms with Crippen LogP contribution in [0.5, 0.6) is 0 Å². The number of hydrogen-bond donors (Lipinski definition) is 1. The number of aryl methyl sites for hydroxylation is 3. The van der Waals surface area contributed by atoms with E-state index in [1.54, 1.807) is 34.8 Å². The summed E-state index contributed by atoms with van der Waals surface area (Å²) in [6.07, 6.45) is 1.61. The van der Waals surface area contributed by atoms with E-state index in [0.29, 0.717) is 23.4 Å². The first kappa shape index (κ1) is 20.5. The molecule has 7 nitrogen and oxygen atoms in total. The van der Waals surface area contributed by atoms with E-state index in [4.69, 9.17) is 5.10 Å². The summed E-state index contributed by atoms with van der Waals surface area (Å²) < 4.78 is 3.62. The van der Waals surface area contributed by atoms with Crippen LogP contribution in [-0.4, -0.2) is 25.2 Å². The number of fused-ring (bicyclic) bond motifs is 2. The molecule has 4 heterocycles. The molecule has 0 saturated heterocycles. The summed E-state index contributed by atoms with van der Waals surface area (Å²) in [5.41, 5.74) is 5.16. The fourth-order valence-corrected chi connectivity index (χ4v) is 5.06. The minimum Gasteiger partial charge on any atom is -0.332 e. The first-order valence-corrected chi connectivity index (χ1v) is 11.7. The van der Waals surface area contributed by atoms with Crippen LogP contribution in [-0.2, 0) is 18.1 Å². The van der Waals surface area contributed by atoms with Gasteiger partial charge in [0, 0.05) is 35.5 Å². The highest BCUT2D eigenvalue weighted by Crippen LogP contribution is 2.36. The quantitative estimate of drug-likeness (QED) is 0.509. The molecule has 0 spiro atoms. The second-order valence-corrected chi connectivity index (χ2v) is 8.94. The Kier molecular flexibility index (Phi) is 5.09. The van der Waals surface area contributed by atoms with Gasteiger partial charge in [-0.2, -0.15) is 16.9 Å². The Bertz CT molecular complexity index is 1440. The summed E-state index contributed by atoms with van der Waals surface area (Å²) >= 11 is 1.76. The Morgan fingerprint density at radius 2 is 2.03 bits per heavy atom. The Hall–Kier alpha value is -3.39. The lowest BCUT2D eigenvalue weighted by Gasteiger charge is -2.13. The van der Waals surface area contributed by atoms with Gasteiger partial charge in [0.1, 0.15) is 17.0 Å². The molecule has 1 aromatic carbocycles. The normalized spacial score (nSPS) is 12.8. The average molecular weight is 446 g/mol. The molecule has 0 fully saturated rings. The van der Waals surface area contributed by atoms with E-state index >= 15 is 0 Å². The molecular weight excluding hydrogens is 422 g/mol. The van der Waals surface area contributed by atoms with Crippen molar-refractivity contribution in [3.63, 3.8) is 0 Å². The third kappa shape index (κ3) is 3.40. The van der Waals surface area contributed by atoms with Crippen molar-refractivity contribution in [2.45, 2.75) is 38.8 Å². The Morgan fingerprint density at radius 1 is 1.19 bits per heavy atom. The van der Waals surface area contributed by atoms with Crippen LogP contribution in [0.1, 0.15) is 39.8 Å². The molecule has 0 saturated carbocycles. The number of amides is 1. The lowest BCUT2D eigenvalue weighted by atomic mass is 10.1. The summed E-state index contributed by atoms with van der Waals surface area (Å²) in [5, 5.41) is 8.20. The molecule has 0 radical (unpaired) electrons. The van der Waals surface area contributed by atoms with Gasteiger partial charge in [-0.3, -0.25) is 9.59 Å². The van der Waals surface area contributed by atoms with Crippen LogP contribution >= 0.6 is 11.8 Å². The number of thioether (sulfide) groups is 1. The number of hydrogen-bond acceptors (Lipinski definition) is 5. The summed E-state index contributed by atoms with van der Waals surface area (Å²) in [5.74, 6) is 1.77. The highest BCUT2D eigenvalue weighted by Gasteiger charge is 2.26. The molecule has 0 aliphatic carbocycles. The lowest BCUT2D eigenvalue weighted by molar-refractivity contribution is 0.102.